The quantitative estimate of drug-likeness (QED) is 0.833. The summed E-state index contributed by atoms with van der Waals surface area (Å²) in [6.45, 7) is 3.17. The molecule has 1 heterocycles. The second-order valence-electron chi connectivity index (χ2n) is 5.22. The zero-order chi connectivity index (χ0) is 14.0. The zero-order valence-electron chi connectivity index (χ0n) is 11.3. The minimum absolute atomic E-state index is 0.0527. The summed E-state index contributed by atoms with van der Waals surface area (Å²) < 4.78 is 18.9. The van der Waals surface area contributed by atoms with Crippen LogP contribution in [-0.2, 0) is 4.74 Å². The van der Waals surface area contributed by atoms with E-state index in [1.54, 1.807) is 18.1 Å². The van der Waals surface area contributed by atoms with Crippen LogP contribution in [0.5, 0.6) is 0 Å². The Morgan fingerprint density at radius 3 is 2.89 bits per heavy atom. The van der Waals surface area contributed by atoms with Gasteiger partial charge in [0.1, 0.15) is 5.82 Å². The molecule has 1 aromatic carbocycles. The van der Waals surface area contributed by atoms with Crippen molar-refractivity contribution in [3.05, 3.63) is 29.6 Å². The number of hydrogen-bond donors (Lipinski definition) is 1. The van der Waals surface area contributed by atoms with E-state index in [1.807, 2.05) is 6.92 Å². The number of nitrogens with two attached hydrogens (primary N) is 1. The molecule has 2 rings (SSSR count). The molecule has 1 atom stereocenters. The van der Waals surface area contributed by atoms with Crippen molar-refractivity contribution in [1.29, 1.82) is 0 Å². The number of rotatable bonds is 2. The molecule has 1 fully saturated rings. The SMILES string of the molecule is COC1(C)CCCN(C(=O)c2ccc(N)c(F)c2)C1. The Labute approximate surface area is 112 Å². The van der Waals surface area contributed by atoms with E-state index in [9.17, 15) is 9.18 Å². The van der Waals surface area contributed by atoms with E-state index >= 15 is 0 Å². The molecule has 1 unspecified atom stereocenters. The van der Waals surface area contributed by atoms with Gasteiger partial charge in [-0.05, 0) is 38.0 Å². The fraction of sp³-hybridized carbons (Fsp3) is 0.500. The molecule has 0 bridgehead atoms. The van der Waals surface area contributed by atoms with Gasteiger partial charge in [0.15, 0.2) is 0 Å². The molecule has 5 heteroatoms. The standard InChI is InChI=1S/C14H19FN2O2/c1-14(19-2)6-3-7-17(9-14)13(18)10-4-5-12(16)11(15)8-10/h4-5,8H,3,6-7,9,16H2,1-2H3. The minimum Gasteiger partial charge on any atom is -0.396 e. The second-order valence-corrected chi connectivity index (χ2v) is 5.22. The number of hydrogen-bond acceptors (Lipinski definition) is 3. The van der Waals surface area contributed by atoms with Crippen LogP contribution in [0.25, 0.3) is 0 Å². The molecule has 1 aliphatic rings. The summed E-state index contributed by atoms with van der Waals surface area (Å²) in [5.74, 6) is -0.737. The largest absolute Gasteiger partial charge is 0.396 e. The van der Waals surface area contributed by atoms with Gasteiger partial charge in [-0.2, -0.15) is 0 Å². The van der Waals surface area contributed by atoms with Crippen LogP contribution in [0.2, 0.25) is 0 Å². The highest BCUT2D eigenvalue weighted by molar-refractivity contribution is 5.94. The van der Waals surface area contributed by atoms with Crippen molar-refractivity contribution in [1.82, 2.24) is 4.90 Å². The van der Waals surface area contributed by atoms with Crippen molar-refractivity contribution < 1.29 is 13.9 Å². The van der Waals surface area contributed by atoms with Crippen molar-refractivity contribution in [2.45, 2.75) is 25.4 Å². The summed E-state index contributed by atoms with van der Waals surface area (Å²) in [5.41, 5.74) is 5.47. The fourth-order valence-corrected chi connectivity index (χ4v) is 2.39. The van der Waals surface area contributed by atoms with Crippen LogP contribution in [0.3, 0.4) is 0 Å². The third-order valence-corrected chi connectivity index (χ3v) is 3.69. The number of anilines is 1. The lowest BCUT2D eigenvalue weighted by Gasteiger charge is -2.39. The van der Waals surface area contributed by atoms with Gasteiger partial charge in [-0.1, -0.05) is 0 Å². The topological polar surface area (TPSA) is 55.6 Å². The maximum atomic E-state index is 13.4. The summed E-state index contributed by atoms with van der Waals surface area (Å²) >= 11 is 0. The van der Waals surface area contributed by atoms with Crippen LogP contribution in [0.4, 0.5) is 10.1 Å². The lowest BCUT2D eigenvalue weighted by Crippen LogP contribution is -2.49. The Bertz CT molecular complexity index is 492. The van der Waals surface area contributed by atoms with Crippen LogP contribution in [0.1, 0.15) is 30.1 Å². The van der Waals surface area contributed by atoms with Crippen LogP contribution < -0.4 is 5.73 Å². The zero-order valence-corrected chi connectivity index (χ0v) is 11.3. The molecule has 4 nitrogen and oxygen atoms in total. The highest BCUT2D eigenvalue weighted by Gasteiger charge is 2.33. The van der Waals surface area contributed by atoms with E-state index in [4.69, 9.17) is 10.5 Å². The highest BCUT2D eigenvalue weighted by atomic mass is 19.1. The summed E-state index contributed by atoms with van der Waals surface area (Å²) in [6, 6.07) is 4.16. The molecule has 1 aliphatic heterocycles. The molecule has 2 N–H and O–H groups in total. The number of nitrogen functional groups attached to an aromatic ring is 1. The number of nitrogens with zero attached hydrogens (tertiary/aromatic N) is 1. The molecule has 1 aromatic rings. The molecular formula is C14H19FN2O2. The number of halogens is 1. The number of methoxy groups -OCH3 is 1. The van der Waals surface area contributed by atoms with Crippen molar-refractivity contribution in [3.63, 3.8) is 0 Å². The van der Waals surface area contributed by atoms with E-state index in [0.29, 0.717) is 18.7 Å². The van der Waals surface area contributed by atoms with E-state index < -0.39 is 5.82 Å². The third kappa shape index (κ3) is 2.87. The summed E-state index contributed by atoms with van der Waals surface area (Å²) in [4.78, 5) is 14.0. The lowest BCUT2D eigenvalue weighted by atomic mass is 9.94. The number of likely N-dealkylation sites (tertiary alicyclic amines) is 1. The Kier molecular flexibility index (Phi) is 3.75. The van der Waals surface area contributed by atoms with E-state index in [0.717, 1.165) is 12.8 Å². The van der Waals surface area contributed by atoms with Gasteiger partial charge in [0, 0.05) is 25.8 Å². The second kappa shape index (κ2) is 5.17. The monoisotopic (exact) mass is 266 g/mol. The van der Waals surface area contributed by atoms with E-state index in [1.165, 1.54) is 12.1 Å². The first-order valence-corrected chi connectivity index (χ1v) is 6.35. The highest BCUT2D eigenvalue weighted by Crippen LogP contribution is 2.25. The van der Waals surface area contributed by atoms with Gasteiger partial charge in [-0.15, -0.1) is 0 Å². The number of amides is 1. The average molecular weight is 266 g/mol. The smallest absolute Gasteiger partial charge is 0.254 e. The molecule has 1 saturated heterocycles. The van der Waals surface area contributed by atoms with Crippen molar-refractivity contribution in [2.24, 2.45) is 0 Å². The van der Waals surface area contributed by atoms with E-state index in [-0.39, 0.29) is 17.2 Å². The molecule has 0 aromatic heterocycles. The minimum atomic E-state index is -0.558. The number of carbonyl (C=O) groups is 1. The number of piperidine rings is 1. The Morgan fingerprint density at radius 2 is 2.26 bits per heavy atom. The molecule has 104 valence electrons. The third-order valence-electron chi connectivity index (χ3n) is 3.69. The van der Waals surface area contributed by atoms with Crippen molar-refractivity contribution >= 4 is 11.6 Å². The first-order chi connectivity index (χ1) is 8.95. The molecule has 0 spiro atoms. The Hall–Kier alpha value is -1.62. The van der Waals surface area contributed by atoms with Gasteiger partial charge in [-0.25, -0.2) is 4.39 Å². The van der Waals surface area contributed by atoms with Crippen molar-refractivity contribution in [2.75, 3.05) is 25.9 Å². The van der Waals surface area contributed by atoms with Gasteiger partial charge >= 0.3 is 0 Å². The van der Waals surface area contributed by atoms with Gasteiger partial charge < -0.3 is 15.4 Å². The fourth-order valence-electron chi connectivity index (χ4n) is 2.39. The summed E-state index contributed by atoms with van der Waals surface area (Å²) in [6.07, 6.45) is 1.80. The Morgan fingerprint density at radius 1 is 1.53 bits per heavy atom. The Balaban J connectivity index is 2.17. The normalized spacial score (nSPS) is 23.4. The van der Waals surface area contributed by atoms with Crippen LogP contribution in [0.15, 0.2) is 18.2 Å². The van der Waals surface area contributed by atoms with Gasteiger partial charge in [0.25, 0.3) is 5.91 Å². The predicted octanol–water partition coefficient (Wildman–Crippen LogP) is 2.05. The number of benzene rings is 1. The maximum Gasteiger partial charge on any atom is 0.254 e. The van der Waals surface area contributed by atoms with Gasteiger partial charge in [0.05, 0.1) is 11.3 Å². The molecule has 0 saturated carbocycles. The van der Waals surface area contributed by atoms with Crippen LogP contribution in [0, 0.1) is 5.82 Å². The first kappa shape index (κ1) is 13.8. The van der Waals surface area contributed by atoms with E-state index in [2.05, 4.69) is 0 Å². The molecule has 0 aliphatic carbocycles. The molecule has 19 heavy (non-hydrogen) atoms. The predicted molar refractivity (Wildman–Crippen MR) is 71.4 cm³/mol. The molecular weight excluding hydrogens is 247 g/mol. The number of carbonyl (C=O) groups excluding carboxylic acids is 1. The maximum absolute atomic E-state index is 13.4. The van der Waals surface area contributed by atoms with Gasteiger partial charge in [-0.3, -0.25) is 4.79 Å². The average Bonchev–Trinajstić information content (AvgIpc) is 2.41. The van der Waals surface area contributed by atoms with Crippen LogP contribution >= 0.6 is 0 Å². The molecule has 0 radical (unpaired) electrons. The van der Waals surface area contributed by atoms with Crippen LogP contribution in [-0.4, -0.2) is 36.6 Å². The van der Waals surface area contributed by atoms with Gasteiger partial charge in [0.2, 0.25) is 0 Å². The molecule has 1 amide bonds. The summed E-state index contributed by atoms with van der Waals surface area (Å²) in [5, 5.41) is 0. The lowest BCUT2D eigenvalue weighted by molar-refractivity contribution is -0.0440. The number of ether oxygens (including phenoxy) is 1. The summed E-state index contributed by atoms with van der Waals surface area (Å²) in [7, 11) is 1.65. The first-order valence-electron chi connectivity index (χ1n) is 6.35. The van der Waals surface area contributed by atoms with Crippen molar-refractivity contribution in [3.8, 4) is 0 Å².